The van der Waals surface area contributed by atoms with Crippen molar-refractivity contribution in [1.82, 2.24) is 0 Å². The number of ether oxygens (including phenoxy) is 1. The number of rotatable bonds is 2. The Bertz CT molecular complexity index is 304. The molecule has 3 nitrogen and oxygen atoms in total. The Morgan fingerprint density at radius 3 is 2.60 bits per heavy atom. The van der Waals surface area contributed by atoms with Crippen molar-refractivity contribution in [3.05, 3.63) is 35.9 Å². The van der Waals surface area contributed by atoms with Crippen LogP contribution in [0.4, 0.5) is 0 Å². The first-order valence-corrected chi connectivity index (χ1v) is 5.25. The van der Waals surface area contributed by atoms with Gasteiger partial charge in [0.15, 0.2) is 0 Å². The highest BCUT2D eigenvalue weighted by molar-refractivity contribution is 5.20. The maximum absolute atomic E-state index is 10.2. The van der Waals surface area contributed by atoms with E-state index in [0.29, 0.717) is 13.0 Å². The van der Waals surface area contributed by atoms with E-state index in [9.17, 15) is 10.2 Å². The average Bonchev–Trinajstić information content (AvgIpc) is 2.30. The predicted octanol–water partition coefficient (Wildman–Crippen LogP) is 1.26. The molecule has 0 saturated carbocycles. The Morgan fingerprint density at radius 1 is 1.27 bits per heavy atom. The van der Waals surface area contributed by atoms with Crippen LogP contribution in [-0.4, -0.2) is 29.0 Å². The van der Waals surface area contributed by atoms with Crippen molar-refractivity contribution in [2.45, 2.75) is 24.5 Å². The smallest absolute Gasteiger partial charge is 0.118 e. The molecule has 2 N–H and O–H groups in total. The summed E-state index contributed by atoms with van der Waals surface area (Å²) in [6.45, 7) is 0.882. The molecule has 1 fully saturated rings. The zero-order chi connectivity index (χ0) is 10.7. The highest BCUT2D eigenvalue weighted by Gasteiger charge is 2.38. The van der Waals surface area contributed by atoms with E-state index in [0.717, 1.165) is 12.0 Å². The molecule has 2 atom stereocenters. The number of aliphatic hydroxyl groups excluding tert-OH is 1. The molecule has 1 heterocycles. The average molecular weight is 208 g/mol. The molecule has 0 aromatic heterocycles. The summed E-state index contributed by atoms with van der Waals surface area (Å²) in [5, 5.41) is 20.3. The second kappa shape index (κ2) is 4.31. The molecule has 0 bridgehead atoms. The van der Waals surface area contributed by atoms with Crippen LogP contribution < -0.4 is 0 Å². The van der Waals surface area contributed by atoms with Gasteiger partial charge in [0.05, 0.1) is 6.61 Å². The first kappa shape index (κ1) is 10.6. The lowest BCUT2D eigenvalue weighted by Gasteiger charge is -2.36. The third-order valence-electron chi connectivity index (χ3n) is 2.87. The normalized spacial score (nSPS) is 28.7. The molecule has 2 rings (SSSR count). The monoisotopic (exact) mass is 208 g/mol. The zero-order valence-electron chi connectivity index (χ0n) is 8.60. The first-order valence-electron chi connectivity index (χ1n) is 5.25. The summed E-state index contributed by atoms with van der Waals surface area (Å²) in [6.07, 6.45) is 0.516. The number of benzene rings is 1. The van der Waals surface area contributed by atoms with Gasteiger partial charge in [-0.25, -0.2) is 0 Å². The summed E-state index contributed by atoms with van der Waals surface area (Å²) < 4.78 is 5.22. The van der Waals surface area contributed by atoms with Gasteiger partial charge in [0.1, 0.15) is 11.7 Å². The molecule has 0 radical (unpaired) electrons. The van der Waals surface area contributed by atoms with Gasteiger partial charge in [-0.1, -0.05) is 30.3 Å². The van der Waals surface area contributed by atoms with Gasteiger partial charge in [0, 0.05) is 6.61 Å². The fourth-order valence-corrected chi connectivity index (χ4v) is 1.96. The summed E-state index contributed by atoms with van der Waals surface area (Å²) in [5.41, 5.74) is -0.384. The lowest BCUT2D eigenvalue weighted by Crippen LogP contribution is -2.44. The van der Waals surface area contributed by atoms with Crippen LogP contribution in [-0.2, 0) is 4.74 Å². The van der Waals surface area contributed by atoms with Crippen LogP contribution in [0.25, 0.3) is 0 Å². The Balaban J connectivity index is 2.16. The van der Waals surface area contributed by atoms with Crippen molar-refractivity contribution >= 4 is 0 Å². The van der Waals surface area contributed by atoms with Gasteiger partial charge in [0.25, 0.3) is 0 Å². The minimum Gasteiger partial charge on any atom is -0.385 e. The number of aliphatic hydroxyl groups is 2. The molecule has 1 aliphatic heterocycles. The van der Waals surface area contributed by atoms with Gasteiger partial charge < -0.3 is 14.9 Å². The van der Waals surface area contributed by atoms with E-state index in [1.807, 2.05) is 30.3 Å². The summed E-state index contributed by atoms with van der Waals surface area (Å²) >= 11 is 0. The summed E-state index contributed by atoms with van der Waals surface area (Å²) in [7, 11) is 0. The van der Waals surface area contributed by atoms with Crippen LogP contribution in [0.3, 0.4) is 0 Å². The molecular weight excluding hydrogens is 192 g/mol. The molecule has 82 valence electrons. The lowest BCUT2D eigenvalue weighted by atomic mass is 9.86. The van der Waals surface area contributed by atoms with E-state index < -0.39 is 11.7 Å². The van der Waals surface area contributed by atoms with Crippen LogP contribution >= 0.6 is 0 Å². The van der Waals surface area contributed by atoms with Gasteiger partial charge in [-0.3, -0.25) is 0 Å². The van der Waals surface area contributed by atoms with E-state index in [4.69, 9.17) is 4.74 Å². The van der Waals surface area contributed by atoms with Crippen LogP contribution in [0.15, 0.2) is 30.3 Å². The van der Waals surface area contributed by atoms with Gasteiger partial charge in [-0.05, 0) is 18.4 Å². The van der Waals surface area contributed by atoms with Crippen LogP contribution in [0.1, 0.15) is 24.5 Å². The molecule has 0 spiro atoms. The minimum absolute atomic E-state index is 0.211. The Labute approximate surface area is 89.3 Å². The highest BCUT2D eigenvalue weighted by atomic mass is 16.5. The minimum atomic E-state index is -1.13. The molecular formula is C12H16O3. The topological polar surface area (TPSA) is 49.7 Å². The molecule has 1 aromatic carbocycles. The maximum Gasteiger partial charge on any atom is 0.118 e. The molecule has 1 aromatic rings. The van der Waals surface area contributed by atoms with Crippen molar-refractivity contribution in [3.63, 3.8) is 0 Å². The SMILES string of the molecule is O[C@H](c1ccccc1)[C@@]1(O)CCCOC1. The fourth-order valence-electron chi connectivity index (χ4n) is 1.96. The maximum atomic E-state index is 10.2. The van der Waals surface area contributed by atoms with Crippen molar-refractivity contribution in [3.8, 4) is 0 Å². The van der Waals surface area contributed by atoms with Crippen molar-refractivity contribution in [2.75, 3.05) is 13.2 Å². The van der Waals surface area contributed by atoms with Gasteiger partial charge in [-0.15, -0.1) is 0 Å². The van der Waals surface area contributed by atoms with Crippen LogP contribution in [0, 0.1) is 0 Å². The number of hydrogen-bond donors (Lipinski definition) is 2. The van der Waals surface area contributed by atoms with E-state index in [1.165, 1.54) is 0 Å². The standard InChI is InChI=1S/C12H16O3/c13-11(10-5-2-1-3-6-10)12(14)7-4-8-15-9-12/h1-3,5-6,11,13-14H,4,7-9H2/t11-,12-/m1/s1. The Hall–Kier alpha value is -0.900. The van der Waals surface area contributed by atoms with E-state index >= 15 is 0 Å². The van der Waals surface area contributed by atoms with Crippen molar-refractivity contribution in [2.24, 2.45) is 0 Å². The van der Waals surface area contributed by atoms with Crippen LogP contribution in [0.2, 0.25) is 0 Å². The Morgan fingerprint density at radius 2 is 2.00 bits per heavy atom. The molecule has 0 amide bonds. The summed E-state index contributed by atoms with van der Waals surface area (Å²) in [4.78, 5) is 0. The molecule has 1 saturated heterocycles. The summed E-state index contributed by atoms with van der Waals surface area (Å²) in [6, 6.07) is 9.23. The molecule has 1 aliphatic rings. The number of hydrogen-bond acceptors (Lipinski definition) is 3. The third kappa shape index (κ3) is 2.20. The predicted molar refractivity (Wildman–Crippen MR) is 56.4 cm³/mol. The largest absolute Gasteiger partial charge is 0.385 e. The highest BCUT2D eigenvalue weighted by Crippen LogP contribution is 2.32. The Kier molecular flexibility index (Phi) is 3.05. The molecule has 3 heteroatoms. The lowest BCUT2D eigenvalue weighted by molar-refractivity contribution is -0.150. The first-order chi connectivity index (χ1) is 7.22. The molecule has 0 aliphatic carbocycles. The molecule has 15 heavy (non-hydrogen) atoms. The van der Waals surface area contributed by atoms with E-state index in [-0.39, 0.29) is 6.61 Å². The van der Waals surface area contributed by atoms with E-state index in [1.54, 1.807) is 0 Å². The van der Waals surface area contributed by atoms with Gasteiger partial charge in [-0.2, -0.15) is 0 Å². The van der Waals surface area contributed by atoms with Crippen LogP contribution in [0.5, 0.6) is 0 Å². The van der Waals surface area contributed by atoms with Gasteiger partial charge >= 0.3 is 0 Å². The zero-order valence-corrected chi connectivity index (χ0v) is 8.60. The van der Waals surface area contributed by atoms with Crippen molar-refractivity contribution in [1.29, 1.82) is 0 Å². The fraction of sp³-hybridized carbons (Fsp3) is 0.500. The second-order valence-electron chi connectivity index (χ2n) is 4.07. The van der Waals surface area contributed by atoms with Gasteiger partial charge in [0.2, 0.25) is 0 Å². The molecule has 0 unspecified atom stereocenters. The quantitative estimate of drug-likeness (QED) is 0.769. The summed E-state index contributed by atoms with van der Waals surface area (Å²) in [5.74, 6) is 0. The third-order valence-corrected chi connectivity index (χ3v) is 2.87. The van der Waals surface area contributed by atoms with E-state index in [2.05, 4.69) is 0 Å². The second-order valence-corrected chi connectivity index (χ2v) is 4.07. The van der Waals surface area contributed by atoms with Crippen molar-refractivity contribution < 1.29 is 14.9 Å².